The smallest absolute Gasteiger partial charge is 0.240 e. The van der Waals surface area contributed by atoms with Crippen molar-refractivity contribution in [3.63, 3.8) is 0 Å². The van der Waals surface area contributed by atoms with Gasteiger partial charge in [-0.15, -0.1) is 0 Å². The molecule has 0 atom stereocenters. The third-order valence-electron chi connectivity index (χ3n) is 6.28. The normalized spacial score (nSPS) is 39.5. The van der Waals surface area contributed by atoms with Gasteiger partial charge in [-0.3, -0.25) is 0 Å². The molecule has 0 aromatic carbocycles. The average molecular weight is 275 g/mol. The molecular weight excluding hydrogens is 250 g/mol. The number of aromatic nitrogens is 2. The number of hydrogen-bond acceptors (Lipinski definition) is 4. The first kappa shape index (κ1) is 12.8. The molecule has 4 fully saturated rings. The highest BCUT2D eigenvalue weighted by Gasteiger charge is 2.54. The minimum atomic E-state index is 0.0134. The Morgan fingerprint density at radius 2 is 1.70 bits per heavy atom. The Kier molecular flexibility index (Phi) is 2.75. The van der Waals surface area contributed by atoms with Crippen LogP contribution in [0.25, 0.3) is 0 Å². The van der Waals surface area contributed by atoms with Crippen molar-refractivity contribution in [3.05, 3.63) is 11.7 Å². The maximum Gasteiger partial charge on any atom is 0.240 e. The summed E-state index contributed by atoms with van der Waals surface area (Å²) in [7, 11) is 0. The molecule has 1 heterocycles. The van der Waals surface area contributed by atoms with Crippen molar-refractivity contribution < 1.29 is 4.52 Å². The summed E-state index contributed by atoms with van der Waals surface area (Å²) in [5.74, 6) is 5.93. The van der Waals surface area contributed by atoms with Crippen molar-refractivity contribution in [2.45, 2.75) is 57.9 Å². The lowest BCUT2D eigenvalue weighted by Gasteiger charge is -2.58. The molecule has 0 saturated heterocycles. The predicted molar refractivity (Wildman–Crippen MR) is 75.8 cm³/mol. The van der Waals surface area contributed by atoms with Gasteiger partial charge in [0.05, 0.1) is 6.54 Å². The Balaban J connectivity index is 1.65. The van der Waals surface area contributed by atoms with Crippen LogP contribution in [0.15, 0.2) is 4.52 Å². The molecule has 1 aromatic heterocycles. The van der Waals surface area contributed by atoms with Crippen molar-refractivity contribution in [2.24, 2.45) is 35.3 Å². The first-order chi connectivity index (χ1) is 9.57. The molecule has 20 heavy (non-hydrogen) atoms. The highest BCUT2D eigenvalue weighted by molar-refractivity contribution is 5.12. The molecule has 0 unspecified atom stereocenters. The van der Waals surface area contributed by atoms with E-state index in [1.165, 1.54) is 32.1 Å². The van der Waals surface area contributed by atoms with E-state index in [0.717, 1.165) is 35.4 Å². The summed E-state index contributed by atoms with van der Waals surface area (Å²) < 4.78 is 5.26. The summed E-state index contributed by atoms with van der Waals surface area (Å²) in [5.41, 5.74) is 5.62. The van der Waals surface area contributed by atoms with Gasteiger partial charge in [0.2, 0.25) is 5.89 Å². The van der Waals surface area contributed by atoms with E-state index in [1.54, 1.807) is 0 Å². The Labute approximate surface area is 120 Å². The SMILES string of the molecule is CC(C)(c1noc(CN)n1)C1C2CC3CC(C2)CC1C3. The fourth-order valence-corrected chi connectivity index (χ4v) is 5.85. The third-order valence-corrected chi connectivity index (χ3v) is 6.28. The molecule has 4 bridgehead atoms. The summed E-state index contributed by atoms with van der Waals surface area (Å²) in [5, 5.41) is 4.23. The van der Waals surface area contributed by atoms with Gasteiger partial charge >= 0.3 is 0 Å². The largest absolute Gasteiger partial charge is 0.338 e. The van der Waals surface area contributed by atoms with Gasteiger partial charge in [0.15, 0.2) is 5.82 Å². The molecule has 2 N–H and O–H groups in total. The van der Waals surface area contributed by atoms with Crippen LogP contribution >= 0.6 is 0 Å². The van der Waals surface area contributed by atoms with E-state index in [2.05, 4.69) is 24.0 Å². The van der Waals surface area contributed by atoms with Crippen LogP contribution in [0.4, 0.5) is 0 Å². The second-order valence-electron chi connectivity index (χ2n) is 7.89. The molecule has 0 spiro atoms. The van der Waals surface area contributed by atoms with Gasteiger partial charge in [-0.25, -0.2) is 0 Å². The van der Waals surface area contributed by atoms with Gasteiger partial charge in [-0.1, -0.05) is 19.0 Å². The summed E-state index contributed by atoms with van der Waals surface area (Å²) >= 11 is 0. The van der Waals surface area contributed by atoms with E-state index in [0.29, 0.717) is 12.4 Å². The number of hydrogen-bond donors (Lipinski definition) is 1. The highest BCUT2D eigenvalue weighted by atomic mass is 16.5. The minimum absolute atomic E-state index is 0.0134. The maximum atomic E-state index is 5.60. The van der Waals surface area contributed by atoms with Crippen molar-refractivity contribution in [1.82, 2.24) is 10.1 Å². The monoisotopic (exact) mass is 275 g/mol. The zero-order valence-corrected chi connectivity index (χ0v) is 12.5. The fourth-order valence-electron chi connectivity index (χ4n) is 5.85. The van der Waals surface area contributed by atoms with Crippen LogP contribution in [-0.4, -0.2) is 10.1 Å². The highest BCUT2D eigenvalue weighted by Crippen LogP contribution is 2.60. The van der Waals surface area contributed by atoms with E-state index in [9.17, 15) is 0 Å². The standard InChI is InChI=1S/C16H25N3O/c1-16(2,15-18-13(8-17)20-19-15)14-11-4-9-3-10(6-11)7-12(14)5-9/h9-12,14H,3-8,17H2,1-2H3. The summed E-state index contributed by atoms with van der Waals surface area (Å²) in [4.78, 5) is 4.53. The zero-order valence-electron chi connectivity index (χ0n) is 12.5. The second kappa shape index (κ2) is 4.30. The Morgan fingerprint density at radius 3 is 2.20 bits per heavy atom. The first-order valence-electron chi connectivity index (χ1n) is 8.11. The Hall–Kier alpha value is -0.900. The minimum Gasteiger partial charge on any atom is -0.338 e. The van der Waals surface area contributed by atoms with Gasteiger partial charge in [-0.05, 0) is 61.7 Å². The fraction of sp³-hybridized carbons (Fsp3) is 0.875. The Morgan fingerprint density at radius 1 is 1.10 bits per heavy atom. The van der Waals surface area contributed by atoms with E-state index in [-0.39, 0.29) is 5.41 Å². The lowest BCUT2D eigenvalue weighted by Crippen LogP contribution is -2.51. The van der Waals surface area contributed by atoms with Crippen molar-refractivity contribution in [3.8, 4) is 0 Å². The van der Waals surface area contributed by atoms with E-state index >= 15 is 0 Å². The third kappa shape index (κ3) is 1.77. The van der Waals surface area contributed by atoms with Crippen LogP contribution in [0, 0.1) is 29.6 Å². The topological polar surface area (TPSA) is 64.9 Å². The molecule has 110 valence electrons. The summed E-state index contributed by atoms with van der Waals surface area (Å²) in [6, 6.07) is 0. The Bertz CT molecular complexity index is 480. The van der Waals surface area contributed by atoms with Crippen molar-refractivity contribution >= 4 is 0 Å². The van der Waals surface area contributed by atoms with Crippen LogP contribution in [0.5, 0.6) is 0 Å². The number of nitrogens with zero attached hydrogens (tertiary/aromatic N) is 2. The maximum absolute atomic E-state index is 5.60. The van der Waals surface area contributed by atoms with E-state index < -0.39 is 0 Å². The quantitative estimate of drug-likeness (QED) is 0.921. The van der Waals surface area contributed by atoms with Gasteiger partial charge in [0, 0.05) is 5.41 Å². The van der Waals surface area contributed by atoms with Gasteiger partial charge in [0.25, 0.3) is 0 Å². The molecule has 0 radical (unpaired) electrons. The molecule has 4 aliphatic rings. The number of rotatable bonds is 3. The van der Waals surface area contributed by atoms with Crippen molar-refractivity contribution in [1.29, 1.82) is 0 Å². The van der Waals surface area contributed by atoms with E-state index in [4.69, 9.17) is 10.3 Å². The van der Waals surface area contributed by atoms with Crippen molar-refractivity contribution in [2.75, 3.05) is 0 Å². The van der Waals surface area contributed by atoms with Gasteiger partial charge < -0.3 is 10.3 Å². The number of nitrogens with two attached hydrogens (primary N) is 1. The first-order valence-corrected chi connectivity index (χ1v) is 8.11. The molecule has 0 aliphatic heterocycles. The molecular formula is C16H25N3O. The predicted octanol–water partition coefficient (Wildman–Crippen LogP) is 2.88. The van der Waals surface area contributed by atoms with Gasteiger partial charge in [0.1, 0.15) is 0 Å². The molecule has 4 saturated carbocycles. The summed E-state index contributed by atoms with van der Waals surface area (Å²) in [6.07, 6.45) is 7.23. The van der Waals surface area contributed by atoms with Crippen LogP contribution in [0.3, 0.4) is 0 Å². The molecule has 5 rings (SSSR count). The molecule has 4 heteroatoms. The van der Waals surface area contributed by atoms with E-state index in [1.807, 2.05) is 0 Å². The summed E-state index contributed by atoms with van der Waals surface area (Å²) in [6.45, 7) is 4.96. The molecule has 4 nitrogen and oxygen atoms in total. The van der Waals surface area contributed by atoms with Crippen LogP contribution in [0.2, 0.25) is 0 Å². The average Bonchev–Trinajstić information content (AvgIpc) is 2.86. The van der Waals surface area contributed by atoms with Crippen LogP contribution < -0.4 is 5.73 Å². The second-order valence-corrected chi connectivity index (χ2v) is 7.89. The zero-order chi connectivity index (χ0) is 13.9. The van der Waals surface area contributed by atoms with Gasteiger partial charge in [-0.2, -0.15) is 4.98 Å². The lowest BCUT2D eigenvalue weighted by atomic mass is 9.47. The molecule has 1 aromatic rings. The lowest BCUT2D eigenvalue weighted by molar-refractivity contribution is -0.0670. The van der Waals surface area contributed by atoms with Crippen LogP contribution in [-0.2, 0) is 12.0 Å². The molecule has 0 amide bonds. The van der Waals surface area contributed by atoms with Crippen LogP contribution in [0.1, 0.15) is 57.7 Å². The molecule has 4 aliphatic carbocycles.